The quantitative estimate of drug-likeness (QED) is 0.441. The van der Waals surface area contributed by atoms with Gasteiger partial charge in [-0.05, 0) is 54.1 Å². The summed E-state index contributed by atoms with van der Waals surface area (Å²) in [7, 11) is 0. The third-order valence-electron chi connectivity index (χ3n) is 4.19. The van der Waals surface area contributed by atoms with Gasteiger partial charge in [-0.3, -0.25) is 4.79 Å². The van der Waals surface area contributed by atoms with Gasteiger partial charge >= 0.3 is 24.8 Å². The average molecular weight is 473 g/mol. The maximum absolute atomic E-state index is 12.5. The molecular weight excluding hydrogens is 456 g/mol. The van der Waals surface area contributed by atoms with Gasteiger partial charge in [0, 0.05) is 16.5 Å². The van der Waals surface area contributed by atoms with Crippen LogP contribution in [0.4, 0.5) is 5.69 Å². The van der Waals surface area contributed by atoms with Gasteiger partial charge in [-0.25, -0.2) is 4.79 Å². The summed E-state index contributed by atoms with van der Waals surface area (Å²) in [5, 5.41) is 13.3. The van der Waals surface area contributed by atoms with Crippen molar-refractivity contribution in [1.29, 1.82) is 0 Å². The number of carboxylic acid groups (broad SMARTS) is 1. The molecule has 0 aromatic heterocycles. The van der Waals surface area contributed by atoms with E-state index in [1.807, 2.05) is 18.2 Å². The fourth-order valence-corrected chi connectivity index (χ4v) is 3.45. The van der Waals surface area contributed by atoms with Gasteiger partial charge in [0.15, 0.2) is 0 Å². The zero-order valence-electron chi connectivity index (χ0n) is 15.5. The average Bonchev–Trinajstić information content (AvgIpc) is 2.68. The number of aromatic carboxylic acids is 1. The third-order valence-corrected chi connectivity index (χ3v) is 4.98. The zero-order valence-corrected chi connectivity index (χ0v) is 17.8. The van der Waals surface area contributed by atoms with Crippen molar-refractivity contribution in [2.24, 2.45) is 0 Å². The first-order valence-electron chi connectivity index (χ1n) is 8.84. The summed E-state index contributed by atoms with van der Waals surface area (Å²) < 4.78 is 5.66. The van der Waals surface area contributed by atoms with Gasteiger partial charge in [0.1, 0.15) is 5.75 Å². The van der Waals surface area contributed by atoms with Crippen molar-refractivity contribution in [2.45, 2.75) is 6.42 Å². The number of benzene rings is 3. The summed E-state index contributed by atoms with van der Waals surface area (Å²) in [6.07, 6.45) is 0.608. The molecular formula is C22H17Cl3LiNO4. The molecule has 0 aliphatic rings. The van der Waals surface area contributed by atoms with Crippen LogP contribution in [0.15, 0.2) is 60.7 Å². The molecule has 2 N–H and O–H groups in total. The van der Waals surface area contributed by atoms with E-state index in [4.69, 9.17) is 39.5 Å². The minimum atomic E-state index is -1.20. The second kappa shape index (κ2) is 11.5. The Balaban J connectivity index is 0.00000341. The molecule has 0 fully saturated rings. The standard InChI is InChI=1S/C22H16Cl3NO4.Li.H/c23-14-3-1-2-13(10-14)8-9-30-16-5-7-20(18(12-16)22(28)29)26-21(27)17-6-4-15(24)11-19(17)25;;/h1-7,10-12H,8-9H2,(H,26,27)(H,28,29);;. The molecule has 0 atom stereocenters. The predicted octanol–water partition coefficient (Wildman–Crippen LogP) is 5.57. The molecule has 1 amide bonds. The van der Waals surface area contributed by atoms with Crippen molar-refractivity contribution in [3.63, 3.8) is 0 Å². The van der Waals surface area contributed by atoms with Gasteiger partial charge in [0.2, 0.25) is 0 Å². The molecule has 5 nitrogen and oxygen atoms in total. The van der Waals surface area contributed by atoms with E-state index in [-0.39, 0.29) is 40.7 Å². The number of anilines is 1. The first-order chi connectivity index (χ1) is 14.3. The van der Waals surface area contributed by atoms with Crippen molar-refractivity contribution < 1.29 is 19.4 Å². The van der Waals surface area contributed by atoms with Crippen LogP contribution in [-0.2, 0) is 6.42 Å². The first kappa shape index (κ1) is 25.1. The molecule has 0 bridgehead atoms. The number of ether oxygens (including phenoxy) is 1. The fraction of sp³-hybridized carbons (Fsp3) is 0.0909. The number of rotatable bonds is 7. The number of carbonyl (C=O) groups excluding carboxylic acids is 1. The molecule has 0 saturated heterocycles. The molecule has 156 valence electrons. The van der Waals surface area contributed by atoms with Gasteiger partial charge in [-0.1, -0.05) is 46.9 Å². The fourth-order valence-electron chi connectivity index (χ4n) is 2.74. The summed E-state index contributed by atoms with van der Waals surface area (Å²) >= 11 is 17.8. The van der Waals surface area contributed by atoms with Crippen LogP contribution in [0.2, 0.25) is 15.1 Å². The van der Waals surface area contributed by atoms with E-state index in [0.29, 0.717) is 28.8 Å². The van der Waals surface area contributed by atoms with E-state index < -0.39 is 11.9 Å². The van der Waals surface area contributed by atoms with E-state index in [9.17, 15) is 14.7 Å². The Hall–Kier alpha value is -2.13. The van der Waals surface area contributed by atoms with Gasteiger partial charge in [-0.15, -0.1) is 0 Å². The number of hydrogen-bond acceptors (Lipinski definition) is 3. The molecule has 0 saturated carbocycles. The molecule has 0 spiro atoms. The minimum absolute atomic E-state index is 0. The summed E-state index contributed by atoms with van der Waals surface area (Å²) in [6, 6.07) is 16.3. The third kappa shape index (κ3) is 6.93. The first-order valence-corrected chi connectivity index (χ1v) is 9.98. The number of nitrogens with one attached hydrogen (secondary N) is 1. The Morgan fingerprint density at radius 2 is 1.65 bits per heavy atom. The van der Waals surface area contributed by atoms with Gasteiger partial charge in [0.25, 0.3) is 5.91 Å². The summed E-state index contributed by atoms with van der Waals surface area (Å²) in [5.41, 5.74) is 1.21. The predicted molar refractivity (Wildman–Crippen MR) is 126 cm³/mol. The number of carboxylic acids is 1. The topological polar surface area (TPSA) is 75.6 Å². The Morgan fingerprint density at radius 3 is 2.32 bits per heavy atom. The van der Waals surface area contributed by atoms with Crippen molar-refractivity contribution in [1.82, 2.24) is 0 Å². The summed E-state index contributed by atoms with van der Waals surface area (Å²) in [5.74, 6) is -1.38. The van der Waals surface area contributed by atoms with E-state index in [0.717, 1.165) is 5.56 Å². The van der Waals surface area contributed by atoms with Crippen LogP contribution in [0, 0.1) is 0 Å². The Bertz CT molecular complexity index is 1110. The Morgan fingerprint density at radius 1 is 0.903 bits per heavy atom. The number of halogens is 3. The Labute approximate surface area is 206 Å². The maximum atomic E-state index is 12.5. The SMILES string of the molecule is O=C(Nc1ccc(OCCc2cccc(Cl)c2)cc1C(=O)O)c1ccc(Cl)cc1Cl.[LiH]. The molecule has 3 aromatic rings. The van der Waals surface area contributed by atoms with Crippen LogP contribution in [0.25, 0.3) is 0 Å². The Kier molecular flexibility index (Phi) is 9.30. The molecule has 0 aliphatic heterocycles. The normalized spacial score (nSPS) is 10.2. The molecule has 9 heteroatoms. The molecule has 0 aliphatic carbocycles. The van der Waals surface area contributed by atoms with Gasteiger partial charge < -0.3 is 15.2 Å². The van der Waals surface area contributed by atoms with E-state index in [1.54, 1.807) is 12.1 Å². The molecule has 0 unspecified atom stereocenters. The van der Waals surface area contributed by atoms with E-state index in [2.05, 4.69) is 5.32 Å². The monoisotopic (exact) mass is 471 g/mol. The summed E-state index contributed by atoms with van der Waals surface area (Å²) in [4.78, 5) is 24.2. The van der Waals surface area contributed by atoms with Crippen molar-refractivity contribution >= 4 is 71.2 Å². The second-order valence-corrected chi connectivity index (χ2v) is 7.60. The number of amides is 1. The zero-order chi connectivity index (χ0) is 21.7. The van der Waals surface area contributed by atoms with Gasteiger partial charge in [0.05, 0.1) is 28.4 Å². The molecule has 3 aromatic carbocycles. The van der Waals surface area contributed by atoms with Crippen LogP contribution in [-0.4, -0.2) is 42.5 Å². The van der Waals surface area contributed by atoms with Crippen LogP contribution >= 0.6 is 34.8 Å². The number of hydrogen-bond donors (Lipinski definition) is 2. The van der Waals surface area contributed by atoms with Gasteiger partial charge in [-0.2, -0.15) is 0 Å². The van der Waals surface area contributed by atoms with E-state index >= 15 is 0 Å². The number of carbonyl (C=O) groups is 2. The second-order valence-electron chi connectivity index (χ2n) is 6.32. The molecule has 0 heterocycles. The van der Waals surface area contributed by atoms with Crippen LogP contribution in [0.3, 0.4) is 0 Å². The summed E-state index contributed by atoms with van der Waals surface area (Å²) in [6.45, 7) is 0.339. The molecule has 31 heavy (non-hydrogen) atoms. The van der Waals surface area contributed by atoms with Crippen molar-refractivity contribution in [3.05, 3.63) is 92.4 Å². The van der Waals surface area contributed by atoms with Crippen LogP contribution < -0.4 is 10.1 Å². The van der Waals surface area contributed by atoms with Crippen LogP contribution in [0.5, 0.6) is 5.75 Å². The molecule has 3 rings (SSSR count). The van der Waals surface area contributed by atoms with Crippen LogP contribution in [0.1, 0.15) is 26.3 Å². The van der Waals surface area contributed by atoms with E-state index in [1.165, 1.54) is 30.3 Å². The van der Waals surface area contributed by atoms with Crippen molar-refractivity contribution in [2.75, 3.05) is 11.9 Å². The molecule has 0 radical (unpaired) electrons. The van der Waals surface area contributed by atoms with Crippen molar-refractivity contribution in [3.8, 4) is 5.75 Å².